The Bertz CT molecular complexity index is 320. The quantitative estimate of drug-likeness (QED) is 0.595. The van der Waals surface area contributed by atoms with Crippen LogP contribution < -0.4 is 0 Å². The molecule has 0 unspecified atom stereocenters. The number of hydrogen-bond acceptors (Lipinski definition) is 3. The average molecular weight is 208 g/mol. The molecule has 0 aromatic heterocycles. The monoisotopic (exact) mass is 208 g/mol. The van der Waals surface area contributed by atoms with E-state index in [1.807, 2.05) is 6.92 Å². The molecular weight excluding hydrogens is 192 g/mol. The van der Waals surface area contributed by atoms with Crippen LogP contribution in [0.4, 0.5) is 0 Å². The van der Waals surface area contributed by atoms with Gasteiger partial charge in [0.2, 0.25) is 0 Å². The van der Waals surface area contributed by atoms with E-state index < -0.39 is 0 Å². The van der Waals surface area contributed by atoms with E-state index in [9.17, 15) is 4.79 Å². The van der Waals surface area contributed by atoms with Crippen molar-refractivity contribution in [2.24, 2.45) is 0 Å². The Morgan fingerprint density at radius 3 is 2.93 bits per heavy atom. The maximum absolute atomic E-state index is 11.5. The minimum absolute atomic E-state index is 0.0594. The van der Waals surface area contributed by atoms with E-state index in [4.69, 9.17) is 9.84 Å². The fourth-order valence-electron chi connectivity index (χ4n) is 1.19. The van der Waals surface area contributed by atoms with Crippen LogP contribution in [0.1, 0.15) is 35.7 Å². The molecule has 1 N–H and O–H groups in total. The molecule has 0 radical (unpaired) electrons. The lowest BCUT2D eigenvalue weighted by atomic mass is 10.1. The Kier molecular flexibility index (Phi) is 4.84. The number of hydrogen-bond donors (Lipinski definition) is 1. The summed E-state index contributed by atoms with van der Waals surface area (Å²) in [6.07, 6.45) is 1.88. The van der Waals surface area contributed by atoms with Crippen molar-refractivity contribution in [1.82, 2.24) is 0 Å². The smallest absolute Gasteiger partial charge is 0.338 e. The maximum Gasteiger partial charge on any atom is 0.338 e. The standard InChI is InChI=1S/C12H16O3/c1-2-3-7-15-12(14)11-6-4-5-10(8-11)9-13/h4-6,8,13H,2-3,7,9H2,1H3. The second-order valence-corrected chi connectivity index (χ2v) is 3.35. The summed E-state index contributed by atoms with van der Waals surface area (Å²) < 4.78 is 5.05. The number of ether oxygens (including phenoxy) is 1. The molecule has 1 rings (SSSR count). The fraction of sp³-hybridized carbons (Fsp3) is 0.417. The van der Waals surface area contributed by atoms with E-state index in [1.54, 1.807) is 24.3 Å². The van der Waals surface area contributed by atoms with Crippen LogP contribution in [0.15, 0.2) is 24.3 Å². The van der Waals surface area contributed by atoms with Gasteiger partial charge in [0, 0.05) is 0 Å². The van der Waals surface area contributed by atoms with E-state index in [0.29, 0.717) is 12.2 Å². The van der Waals surface area contributed by atoms with E-state index >= 15 is 0 Å². The van der Waals surface area contributed by atoms with Gasteiger partial charge >= 0.3 is 5.97 Å². The molecule has 0 atom stereocenters. The Morgan fingerprint density at radius 1 is 1.47 bits per heavy atom. The molecular formula is C12H16O3. The van der Waals surface area contributed by atoms with Crippen LogP contribution in [0.25, 0.3) is 0 Å². The van der Waals surface area contributed by atoms with Crippen molar-refractivity contribution in [3.63, 3.8) is 0 Å². The molecule has 0 aliphatic rings. The number of aliphatic hydroxyl groups excluding tert-OH is 1. The predicted molar refractivity (Wildman–Crippen MR) is 57.6 cm³/mol. The van der Waals surface area contributed by atoms with Crippen molar-refractivity contribution in [2.45, 2.75) is 26.4 Å². The number of unbranched alkanes of at least 4 members (excludes halogenated alkanes) is 1. The second-order valence-electron chi connectivity index (χ2n) is 3.35. The van der Waals surface area contributed by atoms with E-state index in [1.165, 1.54) is 0 Å². The van der Waals surface area contributed by atoms with Gasteiger partial charge < -0.3 is 9.84 Å². The molecule has 0 bridgehead atoms. The Balaban J connectivity index is 2.57. The summed E-state index contributed by atoms with van der Waals surface area (Å²) in [6, 6.07) is 6.84. The summed E-state index contributed by atoms with van der Waals surface area (Å²) in [4.78, 5) is 11.5. The van der Waals surface area contributed by atoms with Gasteiger partial charge in [0.05, 0.1) is 18.8 Å². The van der Waals surface area contributed by atoms with Crippen molar-refractivity contribution in [1.29, 1.82) is 0 Å². The average Bonchev–Trinajstić information content (AvgIpc) is 2.29. The number of carbonyl (C=O) groups is 1. The molecule has 0 spiro atoms. The first-order valence-electron chi connectivity index (χ1n) is 5.15. The van der Waals surface area contributed by atoms with Crippen LogP contribution in [-0.4, -0.2) is 17.7 Å². The van der Waals surface area contributed by atoms with Gasteiger partial charge in [-0.2, -0.15) is 0 Å². The molecule has 0 saturated carbocycles. The topological polar surface area (TPSA) is 46.5 Å². The highest BCUT2D eigenvalue weighted by Crippen LogP contribution is 2.07. The van der Waals surface area contributed by atoms with Gasteiger partial charge in [-0.15, -0.1) is 0 Å². The third kappa shape index (κ3) is 3.72. The Morgan fingerprint density at radius 2 is 2.27 bits per heavy atom. The molecule has 82 valence electrons. The Hall–Kier alpha value is -1.35. The zero-order valence-electron chi connectivity index (χ0n) is 8.90. The molecule has 15 heavy (non-hydrogen) atoms. The SMILES string of the molecule is CCCCOC(=O)c1cccc(CO)c1. The van der Waals surface area contributed by atoms with Crippen molar-refractivity contribution in [2.75, 3.05) is 6.61 Å². The van der Waals surface area contributed by atoms with Gasteiger partial charge in [0.1, 0.15) is 0 Å². The van der Waals surface area contributed by atoms with Crippen LogP contribution in [-0.2, 0) is 11.3 Å². The van der Waals surface area contributed by atoms with Crippen LogP contribution >= 0.6 is 0 Å². The number of carbonyl (C=O) groups excluding carboxylic acids is 1. The normalized spacial score (nSPS) is 10.0. The largest absolute Gasteiger partial charge is 0.462 e. The first kappa shape index (κ1) is 11.7. The molecule has 1 aromatic carbocycles. The molecule has 0 saturated heterocycles. The van der Waals surface area contributed by atoms with Crippen LogP contribution in [0.5, 0.6) is 0 Å². The van der Waals surface area contributed by atoms with Crippen LogP contribution in [0, 0.1) is 0 Å². The molecule has 0 amide bonds. The molecule has 3 heteroatoms. The number of esters is 1. The van der Waals surface area contributed by atoms with E-state index in [0.717, 1.165) is 18.4 Å². The summed E-state index contributed by atoms with van der Waals surface area (Å²) in [7, 11) is 0. The number of rotatable bonds is 5. The van der Waals surface area contributed by atoms with Gasteiger partial charge in [-0.05, 0) is 24.1 Å². The zero-order chi connectivity index (χ0) is 11.1. The summed E-state index contributed by atoms with van der Waals surface area (Å²) >= 11 is 0. The van der Waals surface area contributed by atoms with Crippen LogP contribution in [0.2, 0.25) is 0 Å². The van der Waals surface area contributed by atoms with Crippen molar-refractivity contribution < 1.29 is 14.6 Å². The van der Waals surface area contributed by atoms with Gasteiger partial charge in [0.15, 0.2) is 0 Å². The van der Waals surface area contributed by atoms with Crippen molar-refractivity contribution in [3.05, 3.63) is 35.4 Å². The van der Waals surface area contributed by atoms with Crippen LogP contribution in [0.3, 0.4) is 0 Å². The summed E-state index contributed by atoms with van der Waals surface area (Å²) in [5.41, 5.74) is 1.22. The highest BCUT2D eigenvalue weighted by molar-refractivity contribution is 5.89. The lowest BCUT2D eigenvalue weighted by Gasteiger charge is -2.04. The highest BCUT2D eigenvalue weighted by Gasteiger charge is 2.06. The lowest BCUT2D eigenvalue weighted by molar-refractivity contribution is 0.0499. The molecule has 1 aromatic rings. The fourth-order valence-corrected chi connectivity index (χ4v) is 1.19. The predicted octanol–water partition coefficient (Wildman–Crippen LogP) is 2.14. The molecule has 0 fully saturated rings. The summed E-state index contributed by atoms with van der Waals surface area (Å²) in [6.45, 7) is 2.44. The highest BCUT2D eigenvalue weighted by atomic mass is 16.5. The Labute approximate surface area is 89.7 Å². The zero-order valence-corrected chi connectivity index (χ0v) is 8.90. The molecule has 0 aliphatic heterocycles. The third-order valence-corrected chi connectivity index (χ3v) is 2.08. The first-order valence-corrected chi connectivity index (χ1v) is 5.15. The minimum atomic E-state index is -0.321. The minimum Gasteiger partial charge on any atom is -0.462 e. The van der Waals surface area contributed by atoms with E-state index in [2.05, 4.69) is 0 Å². The van der Waals surface area contributed by atoms with E-state index in [-0.39, 0.29) is 12.6 Å². The molecule has 3 nitrogen and oxygen atoms in total. The summed E-state index contributed by atoms with van der Waals surface area (Å²) in [5, 5.41) is 8.91. The number of aliphatic hydroxyl groups is 1. The van der Waals surface area contributed by atoms with Crippen molar-refractivity contribution in [3.8, 4) is 0 Å². The third-order valence-electron chi connectivity index (χ3n) is 2.08. The van der Waals surface area contributed by atoms with Gasteiger partial charge in [-0.25, -0.2) is 4.79 Å². The van der Waals surface area contributed by atoms with Gasteiger partial charge in [-0.3, -0.25) is 0 Å². The molecule has 0 aliphatic carbocycles. The molecule has 0 heterocycles. The lowest BCUT2D eigenvalue weighted by Crippen LogP contribution is -2.06. The summed E-state index contributed by atoms with van der Waals surface area (Å²) in [5.74, 6) is -0.321. The number of benzene rings is 1. The maximum atomic E-state index is 11.5. The first-order chi connectivity index (χ1) is 7.27. The van der Waals surface area contributed by atoms with Gasteiger partial charge in [0.25, 0.3) is 0 Å². The second kappa shape index (κ2) is 6.19. The van der Waals surface area contributed by atoms with Gasteiger partial charge in [-0.1, -0.05) is 25.5 Å². The van der Waals surface area contributed by atoms with Crippen molar-refractivity contribution >= 4 is 5.97 Å².